The molecule has 1 saturated heterocycles. The predicted octanol–water partition coefficient (Wildman–Crippen LogP) is 3.28. The van der Waals surface area contributed by atoms with Crippen LogP contribution in [0.2, 0.25) is 0 Å². The Balaban J connectivity index is 1.66. The Labute approximate surface area is 114 Å². The molecule has 2 nitrogen and oxygen atoms in total. The summed E-state index contributed by atoms with van der Waals surface area (Å²) in [5, 5.41) is 3.83. The predicted molar refractivity (Wildman–Crippen MR) is 78.9 cm³/mol. The third kappa shape index (κ3) is 3.96. The second-order valence-corrected chi connectivity index (χ2v) is 7.31. The fraction of sp³-hybridized carbons (Fsp3) is 1.00. The van der Waals surface area contributed by atoms with Gasteiger partial charge in [0, 0.05) is 12.6 Å². The van der Waals surface area contributed by atoms with Crippen molar-refractivity contribution in [1.82, 2.24) is 10.2 Å². The van der Waals surface area contributed by atoms with Gasteiger partial charge in [-0.1, -0.05) is 33.6 Å². The number of hydrogen-bond donors (Lipinski definition) is 1. The maximum atomic E-state index is 3.83. The van der Waals surface area contributed by atoms with Crippen LogP contribution in [0.5, 0.6) is 0 Å². The molecule has 0 aromatic heterocycles. The van der Waals surface area contributed by atoms with E-state index in [0.29, 0.717) is 5.41 Å². The molecule has 0 amide bonds. The minimum absolute atomic E-state index is 0.519. The van der Waals surface area contributed by atoms with Crippen LogP contribution in [0, 0.1) is 11.3 Å². The molecule has 2 unspecified atom stereocenters. The lowest BCUT2D eigenvalue weighted by Gasteiger charge is -2.32. The largest absolute Gasteiger partial charge is 0.313 e. The highest BCUT2D eigenvalue weighted by molar-refractivity contribution is 4.90. The van der Waals surface area contributed by atoms with Gasteiger partial charge in [0.15, 0.2) is 0 Å². The van der Waals surface area contributed by atoms with Crippen molar-refractivity contribution in [3.05, 3.63) is 0 Å². The molecule has 2 fully saturated rings. The minimum atomic E-state index is 0.519. The lowest BCUT2D eigenvalue weighted by Crippen LogP contribution is -2.42. The lowest BCUT2D eigenvalue weighted by molar-refractivity contribution is 0.191. The molecule has 2 heteroatoms. The summed E-state index contributed by atoms with van der Waals surface area (Å²) in [7, 11) is 0. The van der Waals surface area contributed by atoms with Crippen molar-refractivity contribution in [3.8, 4) is 0 Å². The summed E-state index contributed by atoms with van der Waals surface area (Å²) in [6, 6.07) is 0.751. The SMILES string of the molecule is CC(CNC1CCCC1(C)C)CN1CCCCC1. The summed E-state index contributed by atoms with van der Waals surface area (Å²) < 4.78 is 0. The number of piperidine rings is 1. The maximum absolute atomic E-state index is 3.83. The number of hydrogen-bond acceptors (Lipinski definition) is 2. The highest BCUT2D eigenvalue weighted by atomic mass is 15.1. The molecule has 1 aliphatic heterocycles. The summed E-state index contributed by atoms with van der Waals surface area (Å²) >= 11 is 0. The molecule has 18 heavy (non-hydrogen) atoms. The average Bonchev–Trinajstić information content (AvgIpc) is 2.67. The first-order chi connectivity index (χ1) is 8.58. The van der Waals surface area contributed by atoms with Crippen molar-refractivity contribution in [1.29, 1.82) is 0 Å². The molecule has 1 N–H and O–H groups in total. The lowest BCUT2D eigenvalue weighted by atomic mass is 9.87. The monoisotopic (exact) mass is 252 g/mol. The molecule has 1 aliphatic carbocycles. The third-order valence-electron chi connectivity index (χ3n) is 4.99. The highest BCUT2D eigenvalue weighted by Crippen LogP contribution is 2.37. The minimum Gasteiger partial charge on any atom is -0.313 e. The van der Waals surface area contributed by atoms with Crippen LogP contribution < -0.4 is 5.32 Å². The maximum Gasteiger partial charge on any atom is 0.0118 e. The van der Waals surface area contributed by atoms with Crippen LogP contribution in [0.25, 0.3) is 0 Å². The van der Waals surface area contributed by atoms with E-state index < -0.39 is 0 Å². The summed E-state index contributed by atoms with van der Waals surface area (Å²) in [4.78, 5) is 2.66. The van der Waals surface area contributed by atoms with E-state index in [2.05, 4.69) is 31.0 Å². The Bertz CT molecular complexity index is 243. The third-order valence-corrected chi connectivity index (χ3v) is 4.99. The molecule has 2 aliphatic rings. The van der Waals surface area contributed by atoms with E-state index >= 15 is 0 Å². The van der Waals surface area contributed by atoms with Gasteiger partial charge in [-0.3, -0.25) is 0 Å². The van der Waals surface area contributed by atoms with Crippen LogP contribution >= 0.6 is 0 Å². The summed E-state index contributed by atoms with van der Waals surface area (Å²) in [5.41, 5.74) is 0.519. The zero-order valence-corrected chi connectivity index (χ0v) is 12.7. The van der Waals surface area contributed by atoms with Crippen LogP contribution in [0.15, 0.2) is 0 Å². The second-order valence-electron chi connectivity index (χ2n) is 7.31. The van der Waals surface area contributed by atoms with E-state index in [9.17, 15) is 0 Å². The average molecular weight is 252 g/mol. The van der Waals surface area contributed by atoms with E-state index in [-0.39, 0.29) is 0 Å². The van der Waals surface area contributed by atoms with Crippen LogP contribution in [0.3, 0.4) is 0 Å². The van der Waals surface area contributed by atoms with Gasteiger partial charge < -0.3 is 10.2 Å². The number of nitrogens with one attached hydrogen (secondary N) is 1. The fourth-order valence-electron chi connectivity index (χ4n) is 3.70. The Morgan fingerprint density at radius 2 is 1.89 bits per heavy atom. The van der Waals surface area contributed by atoms with Gasteiger partial charge in [0.25, 0.3) is 0 Å². The Morgan fingerprint density at radius 3 is 2.50 bits per heavy atom. The van der Waals surface area contributed by atoms with Gasteiger partial charge >= 0.3 is 0 Å². The molecular formula is C16H32N2. The van der Waals surface area contributed by atoms with Gasteiger partial charge in [0.2, 0.25) is 0 Å². The summed E-state index contributed by atoms with van der Waals surface area (Å²) in [6.07, 6.45) is 8.45. The molecule has 0 spiro atoms. The van der Waals surface area contributed by atoms with Gasteiger partial charge in [0.1, 0.15) is 0 Å². The number of rotatable bonds is 5. The quantitative estimate of drug-likeness (QED) is 0.808. The van der Waals surface area contributed by atoms with Crippen molar-refractivity contribution >= 4 is 0 Å². The molecule has 0 radical (unpaired) electrons. The molecule has 1 heterocycles. The van der Waals surface area contributed by atoms with E-state index in [4.69, 9.17) is 0 Å². The van der Waals surface area contributed by atoms with Gasteiger partial charge in [-0.2, -0.15) is 0 Å². The van der Waals surface area contributed by atoms with Crippen LogP contribution in [0.1, 0.15) is 59.3 Å². The van der Waals surface area contributed by atoms with Gasteiger partial charge in [-0.05, 0) is 56.7 Å². The van der Waals surface area contributed by atoms with Crippen molar-refractivity contribution in [2.45, 2.75) is 65.3 Å². The van der Waals surface area contributed by atoms with E-state index in [1.807, 2.05) is 0 Å². The zero-order chi connectivity index (χ0) is 13.0. The van der Waals surface area contributed by atoms with Crippen LogP contribution in [-0.2, 0) is 0 Å². The van der Waals surface area contributed by atoms with E-state index in [0.717, 1.165) is 12.0 Å². The Morgan fingerprint density at radius 1 is 1.17 bits per heavy atom. The molecule has 2 rings (SSSR count). The van der Waals surface area contributed by atoms with Crippen molar-refractivity contribution in [2.24, 2.45) is 11.3 Å². The van der Waals surface area contributed by atoms with Crippen molar-refractivity contribution < 1.29 is 0 Å². The van der Waals surface area contributed by atoms with Crippen LogP contribution in [0.4, 0.5) is 0 Å². The molecule has 1 saturated carbocycles. The van der Waals surface area contributed by atoms with Gasteiger partial charge in [-0.25, -0.2) is 0 Å². The topological polar surface area (TPSA) is 15.3 Å². The van der Waals surface area contributed by atoms with Crippen molar-refractivity contribution in [3.63, 3.8) is 0 Å². The Kier molecular flexibility index (Phi) is 5.08. The molecule has 0 bridgehead atoms. The summed E-state index contributed by atoms with van der Waals surface area (Å²) in [6.45, 7) is 12.4. The van der Waals surface area contributed by atoms with E-state index in [1.54, 1.807) is 0 Å². The highest BCUT2D eigenvalue weighted by Gasteiger charge is 2.34. The molecule has 106 valence electrons. The normalized spacial score (nSPS) is 30.5. The second kappa shape index (κ2) is 6.38. The molecule has 0 aromatic rings. The van der Waals surface area contributed by atoms with E-state index in [1.165, 1.54) is 64.7 Å². The first-order valence-corrected chi connectivity index (χ1v) is 8.04. The molecule has 2 atom stereocenters. The smallest absolute Gasteiger partial charge is 0.0118 e. The van der Waals surface area contributed by atoms with Crippen LogP contribution in [-0.4, -0.2) is 37.1 Å². The number of nitrogens with zero attached hydrogens (tertiary/aromatic N) is 1. The first kappa shape index (κ1) is 14.3. The van der Waals surface area contributed by atoms with Gasteiger partial charge in [-0.15, -0.1) is 0 Å². The standard InChI is InChI=1S/C16H32N2/c1-14(13-18-10-5-4-6-11-18)12-17-15-8-7-9-16(15,2)3/h14-15,17H,4-13H2,1-3H3. The molecular weight excluding hydrogens is 220 g/mol. The number of likely N-dealkylation sites (tertiary alicyclic amines) is 1. The Hall–Kier alpha value is -0.0800. The molecule has 0 aromatic carbocycles. The zero-order valence-electron chi connectivity index (χ0n) is 12.7. The van der Waals surface area contributed by atoms with Gasteiger partial charge in [0.05, 0.1) is 0 Å². The van der Waals surface area contributed by atoms with Crippen molar-refractivity contribution in [2.75, 3.05) is 26.2 Å². The first-order valence-electron chi connectivity index (χ1n) is 8.04. The summed E-state index contributed by atoms with van der Waals surface area (Å²) in [5.74, 6) is 0.791. The fourth-order valence-corrected chi connectivity index (χ4v) is 3.70.